The molecule has 64 valence electrons. The molecule has 0 spiro atoms. The third-order valence-corrected chi connectivity index (χ3v) is 3.22. The van der Waals surface area contributed by atoms with E-state index >= 15 is 0 Å². The normalized spacial score (nSPS) is 9.18. The molecular weight excluding hydrogens is 180 g/mol. The Morgan fingerprint density at radius 3 is 2.91 bits per heavy atom. The molecule has 0 radical (unpaired) electrons. The van der Waals surface area contributed by atoms with E-state index in [1.165, 1.54) is 6.08 Å². The van der Waals surface area contributed by atoms with Crippen LogP contribution in [0.2, 0.25) is 0 Å². The van der Waals surface area contributed by atoms with Crippen molar-refractivity contribution >= 4 is 27.6 Å². The van der Waals surface area contributed by atoms with Crippen LogP contribution < -0.4 is 0 Å². The molecule has 0 aromatic carbocycles. The summed E-state index contributed by atoms with van der Waals surface area (Å²) >= 11 is 0. The second-order valence-corrected chi connectivity index (χ2v) is 4.47. The van der Waals surface area contributed by atoms with Crippen molar-refractivity contribution in [3.63, 3.8) is 0 Å². The minimum atomic E-state index is -0.341. The van der Waals surface area contributed by atoms with E-state index in [1.807, 2.05) is 0 Å². The molecule has 0 N–H and O–H groups in total. The Balaban J connectivity index is 3.01. The summed E-state index contributed by atoms with van der Waals surface area (Å²) in [6.45, 7) is 5.85. The minimum Gasteiger partial charge on any atom is -0.462 e. The van der Waals surface area contributed by atoms with Crippen LogP contribution in [-0.2, 0) is 9.53 Å². The topological polar surface area (TPSA) is 26.3 Å². The molecule has 0 heterocycles. The predicted molar refractivity (Wildman–Crippen MR) is 51.7 cm³/mol. The van der Waals surface area contributed by atoms with Crippen LogP contribution in [0.4, 0.5) is 0 Å². The van der Waals surface area contributed by atoms with E-state index in [9.17, 15) is 4.79 Å². The quantitative estimate of drug-likeness (QED) is 0.279. The van der Waals surface area contributed by atoms with Crippen molar-refractivity contribution < 1.29 is 9.53 Å². The van der Waals surface area contributed by atoms with Crippen molar-refractivity contribution in [3.05, 3.63) is 12.7 Å². The summed E-state index contributed by atoms with van der Waals surface area (Å²) in [6.07, 6.45) is 1.18. The van der Waals surface area contributed by atoms with Crippen LogP contribution in [0.1, 0.15) is 6.92 Å². The first kappa shape index (κ1) is 10.9. The Labute approximate surface area is 75.2 Å². The smallest absolute Gasteiger partial charge is 0.330 e. The Hall–Kier alpha value is -0.0900. The number of carbonyl (C=O) groups excluding carboxylic acids is 1. The molecule has 0 amide bonds. The van der Waals surface area contributed by atoms with E-state index in [4.69, 9.17) is 4.74 Å². The lowest BCUT2D eigenvalue weighted by Gasteiger charge is -1.99. The molecule has 0 rings (SSSR count). The van der Waals surface area contributed by atoms with Crippen molar-refractivity contribution in [2.24, 2.45) is 0 Å². The van der Waals surface area contributed by atoms with Gasteiger partial charge in [-0.3, -0.25) is 0 Å². The van der Waals surface area contributed by atoms with Gasteiger partial charge in [0.15, 0.2) is 0 Å². The first-order valence-electron chi connectivity index (χ1n) is 3.34. The van der Waals surface area contributed by atoms with Gasteiger partial charge in [-0.05, 0) is 0 Å². The average molecular weight is 192 g/mol. The monoisotopic (exact) mass is 192 g/mol. The fraction of sp³-hybridized carbons (Fsp3) is 0.571. The zero-order chi connectivity index (χ0) is 8.53. The molecule has 0 aromatic rings. The van der Waals surface area contributed by atoms with Gasteiger partial charge in [-0.15, -0.1) is 0 Å². The zero-order valence-electron chi connectivity index (χ0n) is 6.54. The second-order valence-electron chi connectivity index (χ2n) is 1.60. The van der Waals surface area contributed by atoms with Crippen molar-refractivity contribution in [1.29, 1.82) is 0 Å². The maximum absolute atomic E-state index is 10.5. The van der Waals surface area contributed by atoms with Gasteiger partial charge >= 0.3 is 5.97 Å². The maximum Gasteiger partial charge on any atom is 0.330 e. The van der Waals surface area contributed by atoms with E-state index in [2.05, 4.69) is 13.5 Å². The van der Waals surface area contributed by atoms with Crippen molar-refractivity contribution in [2.45, 2.75) is 6.92 Å². The molecule has 2 nitrogen and oxygen atoms in total. The maximum atomic E-state index is 10.5. The van der Waals surface area contributed by atoms with Crippen LogP contribution in [0, 0.1) is 0 Å². The summed E-state index contributed by atoms with van der Waals surface area (Å²) in [5.74, 6) is 1.59. The van der Waals surface area contributed by atoms with Crippen LogP contribution in [0.5, 0.6) is 0 Å². The summed E-state index contributed by atoms with van der Waals surface area (Å²) in [4.78, 5) is 10.5. The van der Waals surface area contributed by atoms with Crippen LogP contribution in [-0.4, -0.2) is 24.1 Å². The van der Waals surface area contributed by atoms with Crippen molar-refractivity contribution in [1.82, 2.24) is 0 Å². The largest absolute Gasteiger partial charge is 0.462 e. The molecule has 0 aromatic heterocycles. The van der Waals surface area contributed by atoms with Crippen LogP contribution in [0.25, 0.3) is 0 Å². The molecular formula is C7H12O2S2. The van der Waals surface area contributed by atoms with Gasteiger partial charge in [0.2, 0.25) is 0 Å². The van der Waals surface area contributed by atoms with Gasteiger partial charge in [-0.2, -0.15) is 0 Å². The number of esters is 1. The van der Waals surface area contributed by atoms with Gasteiger partial charge in [0.25, 0.3) is 0 Å². The molecule has 0 fully saturated rings. The standard InChI is InChI=1S/C7H12O2S2/c1-3-7(8)9-5-6-11-10-4-2/h3H,1,4-6H2,2H3. The molecule has 0 saturated heterocycles. The Morgan fingerprint density at radius 1 is 1.64 bits per heavy atom. The Kier molecular flexibility index (Phi) is 7.95. The number of ether oxygens (including phenoxy) is 1. The van der Waals surface area contributed by atoms with E-state index in [-0.39, 0.29) is 5.97 Å². The molecule has 0 aliphatic heterocycles. The van der Waals surface area contributed by atoms with Crippen LogP contribution in [0.15, 0.2) is 12.7 Å². The highest BCUT2D eigenvalue weighted by Crippen LogP contribution is 2.19. The third-order valence-electron chi connectivity index (χ3n) is 0.779. The van der Waals surface area contributed by atoms with E-state index in [1.54, 1.807) is 21.6 Å². The lowest BCUT2D eigenvalue weighted by atomic mass is 10.6. The van der Waals surface area contributed by atoms with E-state index in [0.29, 0.717) is 6.61 Å². The number of hydrogen-bond donors (Lipinski definition) is 0. The minimum absolute atomic E-state index is 0.341. The van der Waals surface area contributed by atoms with Gasteiger partial charge in [0.05, 0.1) is 0 Å². The van der Waals surface area contributed by atoms with Gasteiger partial charge in [0, 0.05) is 17.6 Å². The SMILES string of the molecule is C=CC(=O)OCCSSCC. The average Bonchev–Trinajstić information content (AvgIpc) is 2.04. The summed E-state index contributed by atoms with van der Waals surface area (Å²) in [6, 6.07) is 0. The van der Waals surface area contributed by atoms with E-state index in [0.717, 1.165) is 11.5 Å². The summed E-state index contributed by atoms with van der Waals surface area (Å²) in [5.41, 5.74) is 0. The highest BCUT2D eigenvalue weighted by Gasteiger charge is 1.93. The van der Waals surface area contributed by atoms with Crippen molar-refractivity contribution in [3.8, 4) is 0 Å². The molecule has 0 atom stereocenters. The Bertz CT molecular complexity index is 126. The molecule has 0 bridgehead atoms. The van der Waals surface area contributed by atoms with Gasteiger partial charge in [0.1, 0.15) is 6.61 Å². The fourth-order valence-electron chi connectivity index (χ4n) is 0.377. The third kappa shape index (κ3) is 7.81. The molecule has 11 heavy (non-hydrogen) atoms. The molecule has 0 saturated carbocycles. The summed E-state index contributed by atoms with van der Waals surface area (Å²) in [7, 11) is 3.48. The van der Waals surface area contributed by atoms with Crippen molar-refractivity contribution in [2.75, 3.05) is 18.1 Å². The summed E-state index contributed by atoms with van der Waals surface area (Å²) in [5, 5.41) is 0. The molecule has 0 aliphatic carbocycles. The van der Waals surface area contributed by atoms with Gasteiger partial charge in [-0.1, -0.05) is 35.1 Å². The number of rotatable bonds is 6. The second kappa shape index (κ2) is 8.01. The number of carbonyl (C=O) groups is 1. The first-order chi connectivity index (χ1) is 5.31. The molecule has 0 unspecified atom stereocenters. The number of hydrogen-bond acceptors (Lipinski definition) is 4. The van der Waals surface area contributed by atoms with Gasteiger partial charge < -0.3 is 4.74 Å². The molecule has 4 heteroatoms. The highest BCUT2D eigenvalue weighted by molar-refractivity contribution is 8.76. The summed E-state index contributed by atoms with van der Waals surface area (Å²) < 4.78 is 4.75. The molecule has 0 aliphatic rings. The predicted octanol–water partition coefficient (Wildman–Crippen LogP) is 2.12. The van der Waals surface area contributed by atoms with Gasteiger partial charge in [-0.25, -0.2) is 4.79 Å². The Morgan fingerprint density at radius 2 is 2.36 bits per heavy atom. The zero-order valence-corrected chi connectivity index (χ0v) is 8.17. The van der Waals surface area contributed by atoms with Crippen LogP contribution in [0.3, 0.4) is 0 Å². The lowest BCUT2D eigenvalue weighted by molar-refractivity contribution is -0.137. The van der Waals surface area contributed by atoms with E-state index < -0.39 is 0 Å². The highest BCUT2D eigenvalue weighted by atomic mass is 33.1. The fourth-order valence-corrected chi connectivity index (χ4v) is 1.87. The lowest BCUT2D eigenvalue weighted by Crippen LogP contribution is -2.02. The van der Waals surface area contributed by atoms with Crippen LogP contribution >= 0.6 is 21.6 Å². The first-order valence-corrected chi connectivity index (χ1v) is 5.83.